The standard InChI is InChI=1S/C19H26N4O3S2/c1-11-20-21-18(27-11)23-10-15(17(24)12-3-4-12)14-6-5-13(9-16(14)23)28(25,26)22-19(2)7-8-19/h5-6,9,11-12,15,18,20-22H,3-4,7-8,10H2,1-2H3. The van der Waals surface area contributed by atoms with Gasteiger partial charge in [0.1, 0.15) is 11.3 Å². The second kappa shape index (κ2) is 6.43. The molecule has 0 aromatic heterocycles. The molecule has 28 heavy (non-hydrogen) atoms. The van der Waals surface area contributed by atoms with Crippen molar-refractivity contribution in [2.24, 2.45) is 5.92 Å². The quantitative estimate of drug-likeness (QED) is 0.645. The van der Waals surface area contributed by atoms with Gasteiger partial charge in [-0.05, 0) is 57.2 Å². The maximum absolute atomic E-state index is 12.9. The minimum Gasteiger partial charge on any atom is -0.345 e. The van der Waals surface area contributed by atoms with E-state index in [2.05, 4.69) is 27.4 Å². The van der Waals surface area contributed by atoms with Gasteiger partial charge in [0.25, 0.3) is 0 Å². The van der Waals surface area contributed by atoms with E-state index >= 15 is 0 Å². The summed E-state index contributed by atoms with van der Waals surface area (Å²) >= 11 is 1.72. The van der Waals surface area contributed by atoms with Crippen molar-refractivity contribution in [2.45, 2.75) is 66.8 Å². The Kier molecular flexibility index (Phi) is 4.34. The van der Waals surface area contributed by atoms with Crippen LogP contribution in [-0.4, -0.2) is 37.2 Å². The molecule has 2 saturated carbocycles. The molecule has 1 aromatic rings. The third-order valence-electron chi connectivity index (χ3n) is 6.11. The van der Waals surface area contributed by atoms with Crippen LogP contribution in [0.2, 0.25) is 0 Å². The Hall–Kier alpha value is -1.13. The lowest BCUT2D eigenvalue weighted by Crippen LogP contribution is -2.44. The molecule has 0 amide bonds. The molecule has 0 bridgehead atoms. The highest BCUT2D eigenvalue weighted by Gasteiger charge is 2.45. The minimum atomic E-state index is -3.58. The van der Waals surface area contributed by atoms with Gasteiger partial charge in [0, 0.05) is 23.7 Å². The minimum absolute atomic E-state index is 0.0300. The molecular formula is C19H26N4O3S2. The van der Waals surface area contributed by atoms with Crippen LogP contribution < -0.4 is 20.5 Å². The highest BCUT2D eigenvalue weighted by molar-refractivity contribution is 8.00. The van der Waals surface area contributed by atoms with E-state index in [1.807, 2.05) is 13.0 Å². The molecule has 4 aliphatic rings. The Morgan fingerprint density at radius 2 is 2.04 bits per heavy atom. The van der Waals surface area contributed by atoms with Gasteiger partial charge in [0.15, 0.2) is 0 Å². The molecule has 0 radical (unpaired) electrons. The average Bonchev–Trinajstić information content (AvgIpc) is 3.54. The number of thioether (sulfide) groups is 1. The zero-order valence-electron chi connectivity index (χ0n) is 16.1. The summed E-state index contributed by atoms with van der Waals surface area (Å²) in [5.41, 5.74) is 7.92. The van der Waals surface area contributed by atoms with Gasteiger partial charge in [-0.1, -0.05) is 6.07 Å². The topological polar surface area (TPSA) is 90.5 Å². The maximum Gasteiger partial charge on any atom is 0.241 e. The molecule has 2 aliphatic heterocycles. The predicted octanol–water partition coefficient (Wildman–Crippen LogP) is 1.87. The Morgan fingerprint density at radius 1 is 1.29 bits per heavy atom. The predicted molar refractivity (Wildman–Crippen MR) is 109 cm³/mol. The molecule has 1 saturated heterocycles. The average molecular weight is 423 g/mol. The van der Waals surface area contributed by atoms with Gasteiger partial charge < -0.3 is 4.90 Å². The number of fused-ring (bicyclic) bond motifs is 1. The summed E-state index contributed by atoms with van der Waals surface area (Å²) < 4.78 is 28.6. The van der Waals surface area contributed by atoms with Crippen molar-refractivity contribution in [3.8, 4) is 0 Å². The highest BCUT2D eigenvalue weighted by Crippen LogP contribution is 2.46. The highest BCUT2D eigenvalue weighted by atomic mass is 32.2. The van der Waals surface area contributed by atoms with E-state index < -0.39 is 10.0 Å². The van der Waals surface area contributed by atoms with E-state index in [9.17, 15) is 13.2 Å². The van der Waals surface area contributed by atoms with Crippen molar-refractivity contribution in [3.05, 3.63) is 23.8 Å². The molecule has 2 heterocycles. The smallest absolute Gasteiger partial charge is 0.241 e. The molecule has 1 aromatic carbocycles. The lowest BCUT2D eigenvalue weighted by molar-refractivity contribution is -0.121. The zero-order chi connectivity index (χ0) is 19.7. The van der Waals surface area contributed by atoms with Crippen LogP contribution in [0.25, 0.3) is 0 Å². The van der Waals surface area contributed by atoms with Crippen LogP contribution in [0.5, 0.6) is 0 Å². The van der Waals surface area contributed by atoms with Crippen molar-refractivity contribution in [2.75, 3.05) is 11.4 Å². The zero-order valence-corrected chi connectivity index (χ0v) is 17.7. The van der Waals surface area contributed by atoms with Crippen LogP contribution in [-0.2, 0) is 14.8 Å². The second-order valence-corrected chi connectivity index (χ2v) is 11.8. The SMILES string of the molecule is CC1NNC(N2CC(C(=O)C3CC3)c3ccc(S(=O)(=O)NC4(C)CC4)cc32)S1. The summed E-state index contributed by atoms with van der Waals surface area (Å²) in [7, 11) is -3.58. The first-order valence-corrected chi connectivity index (χ1v) is 12.3. The van der Waals surface area contributed by atoms with Gasteiger partial charge in [0.05, 0.1) is 16.2 Å². The van der Waals surface area contributed by atoms with Crippen molar-refractivity contribution in [1.29, 1.82) is 0 Å². The number of benzene rings is 1. The third kappa shape index (κ3) is 3.37. The number of sulfonamides is 1. The van der Waals surface area contributed by atoms with Gasteiger partial charge in [-0.15, -0.1) is 11.8 Å². The molecule has 3 unspecified atom stereocenters. The van der Waals surface area contributed by atoms with E-state index in [1.54, 1.807) is 23.9 Å². The molecule has 0 spiro atoms. The second-order valence-electron chi connectivity index (χ2n) is 8.69. The van der Waals surface area contributed by atoms with Gasteiger partial charge in [0.2, 0.25) is 10.0 Å². The lowest BCUT2D eigenvalue weighted by atomic mass is 9.94. The van der Waals surface area contributed by atoms with Crippen LogP contribution in [0.3, 0.4) is 0 Å². The number of carbonyl (C=O) groups excluding carboxylic acids is 1. The fraction of sp³-hybridized carbons (Fsp3) is 0.632. The van der Waals surface area contributed by atoms with Gasteiger partial charge in [-0.3, -0.25) is 4.79 Å². The van der Waals surface area contributed by atoms with E-state index in [0.29, 0.717) is 12.3 Å². The molecule has 7 nitrogen and oxygen atoms in total. The maximum atomic E-state index is 12.9. The number of anilines is 1. The summed E-state index contributed by atoms with van der Waals surface area (Å²) in [6.07, 6.45) is 3.70. The number of hydrogen-bond acceptors (Lipinski definition) is 7. The summed E-state index contributed by atoms with van der Waals surface area (Å²) in [6.45, 7) is 4.60. The van der Waals surface area contributed by atoms with Crippen molar-refractivity contribution in [3.63, 3.8) is 0 Å². The summed E-state index contributed by atoms with van der Waals surface area (Å²) in [5, 5.41) is 0.245. The number of rotatable bonds is 6. The molecule has 3 N–H and O–H groups in total. The summed E-state index contributed by atoms with van der Waals surface area (Å²) in [5.74, 6) is 0.303. The number of nitrogens with zero attached hydrogens (tertiary/aromatic N) is 1. The molecule has 152 valence electrons. The Labute approximate surface area is 170 Å². The molecule has 9 heteroatoms. The first-order valence-electron chi connectivity index (χ1n) is 9.91. The van der Waals surface area contributed by atoms with Crippen LogP contribution >= 0.6 is 11.8 Å². The molecule has 5 rings (SSSR count). The first-order chi connectivity index (χ1) is 13.3. The van der Waals surface area contributed by atoms with Crippen molar-refractivity contribution >= 4 is 33.3 Å². The Balaban J connectivity index is 1.50. The van der Waals surface area contributed by atoms with Gasteiger partial charge in [-0.25, -0.2) is 24.0 Å². The molecule has 3 fully saturated rings. The molecular weight excluding hydrogens is 396 g/mol. The van der Waals surface area contributed by atoms with Gasteiger partial charge in [-0.2, -0.15) is 0 Å². The molecule has 2 aliphatic carbocycles. The first kappa shape index (κ1) is 18.9. The Morgan fingerprint density at radius 3 is 2.64 bits per heavy atom. The summed E-state index contributed by atoms with van der Waals surface area (Å²) in [4.78, 5) is 15.3. The number of carbonyl (C=O) groups is 1. The molecule has 3 atom stereocenters. The van der Waals surface area contributed by atoms with Gasteiger partial charge >= 0.3 is 0 Å². The van der Waals surface area contributed by atoms with Crippen LogP contribution in [0.4, 0.5) is 5.69 Å². The number of hydrogen-bond donors (Lipinski definition) is 3. The lowest BCUT2D eigenvalue weighted by Gasteiger charge is -2.26. The number of hydrazine groups is 1. The Bertz CT molecular complexity index is 927. The fourth-order valence-electron chi connectivity index (χ4n) is 4.02. The number of Topliss-reactive ketones (excluding diaryl/α,β-unsaturated/α-hetero) is 1. The van der Waals surface area contributed by atoms with E-state index in [0.717, 1.165) is 36.9 Å². The van der Waals surface area contributed by atoms with Crippen LogP contribution in [0.1, 0.15) is 51.0 Å². The van der Waals surface area contributed by atoms with Crippen molar-refractivity contribution < 1.29 is 13.2 Å². The van der Waals surface area contributed by atoms with Crippen molar-refractivity contribution in [1.82, 2.24) is 15.6 Å². The third-order valence-corrected chi connectivity index (χ3v) is 8.90. The van der Waals surface area contributed by atoms with E-state index in [4.69, 9.17) is 0 Å². The normalized spacial score (nSPS) is 31.1. The summed E-state index contributed by atoms with van der Waals surface area (Å²) in [6, 6.07) is 5.25. The van der Waals surface area contributed by atoms with E-state index in [-0.39, 0.29) is 33.1 Å². The number of nitrogens with one attached hydrogen (secondary N) is 3. The van der Waals surface area contributed by atoms with Crippen LogP contribution in [0.15, 0.2) is 23.1 Å². The number of ketones is 1. The fourth-order valence-corrected chi connectivity index (χ4v) is 6.51. The monoisotopic (exact) mass is 422 g/mol. The van der Waals surface area contributed by atoms with Crippen LogP contribution in [0, 0.1) is 5.92 Å². The van der Waals surface area contributed by atoms with E-state index in [1.165, 1.54) is 0 Å². The largest absolute Gasteiger partial charge is 0.345 e.